The number of amides is 1. The molecule has 2 N–H and O–H groups in total. The Bertz CT molecular complexity index is 999. The van der Waals surface area contributed by atoms with Crippen LogP contribution in [0.25, 0.3) is 21.0 Å². The third-order valence-corrected chi connectivity index (χ3v) is 6.26. The molecule has 0 bridgehead atoms. The standard InChI is InChI=1S/C22H22FN3OS/c1-14-4-2-5-16(12-14)21-25-19(22(27)26-11-3-6-18(26)13-24)20(28-21)15-7-9-17(23)10-8-15/h2,4-5,7-10,12,18H,3,6,11,13,24H2,1H3. The van der Waals surface area contributed by atoms with Crippen LogP contribution >= 0.6 is 11.3 Å². The van der Waals surface area contributed by atoms with Crippen LogP contribution in [-0.2, 0) is 0 Å². The summed E-state index contributed by atoms with van der Waals surface area (Å²) >= 11 is 1.46. The fourth-order valence-electron chi connectivity index (χ4n) is 3.65. The van der Waals surface area contributed by atoms with Gasteiger partial charge in [0, 0.05) is 24.7 Å². The molecular formula is C22H22FN3OS. The fraction of sp³-hybridized carbons (Fsp3) is 0.273. The van der Waals surface area contributed by atoms with Gasteiger partial charge in [-0.3, -0.25) is 4.79 Å². The van der Waals surface area contributed by atoms with Crippen molar-refractivity contribution < 1.29 is 9.18 Å². The number of nitrogens with two attached hydrogens (primary N) is 1. The van der Waals surface area contributed by atoms with Gasteiger partial charge in [-0.1, -0.05) is 35.9 Å². The number of carbonyl (C=O) groups excluding carboxylic acids is 1. The highest BCUT2D eigenvalue weighted by molar-refractivity contribution is 7.18. The van der Waals surface area contributed by atoms with Crippen molar-refractivity contribution in [1.29, 1.82) is 0 Å². The summed E-state index contributed by atoms with van der Waals surface area (Å²) in [5.41, 5.74) is 9.19. The van der Waals surface area contributed by atoms with E-state index >= 15 is 0 Å². The molecule has 1 saturated heterocycles. The van der Waals surface area contributed by atoms with Gasteiger partial charge < -0.3 is 10.6 Å². The molecule has 1 fully saturated rings. The van der Waals surface area contributed by atoms with E-state index in [0.717, 1.165) is 39.4 Å². The first-order valence-electron chi connectivity index (χ1n) is 9.41. The maximum absolute atomic E-state index is 13.4. The molecule has 1 aromatic heterocycles. The second kappa shape index (κ2) is 7.81. The lowest BCUT2D eigenvalue weighted by molar-refractivity contribution is 0.0737. The van der Waals surface area contributed by atoms with Gasteiger partial charge in [0.25, 0.3) is 5.91 Å². The van der Waals surface area contributed by atoms with Crippen LogP contribution < -0.4 is 5.73 Å². The van der Waals surface area contributed by atoms with Gasteiger partial charge in [0.15, 0.2) is 0 Å². The van der Waals surface area contributed by atoms with Crippen LogP contribution in [0.1, 0.15) is 28.9 Å². The number of hydrogen-bond acceptors (Lipinski definition) is 4. The van der Waals surface area contributed by atoms with E-state index in [2.05, 4.69) is 6.07 Å². The largest absolute Gasteiger partial charge is 0.333 e. The predicted molar refractivity (Wildman–Crippen MR) is 111 cm³/mol. The third-order valence-electron chi connectivity index (χ3n) is 5.11. The summed E-state index contributed by atoms with van der Waals surface area (Å²) in [5.74, 6) is -0.398. The van der Waals surface area contributed by atoms with E-state index in [4.69, 9.17) is 10.7 Å². The molecule has 1 amide bonds. The van der Waals surface area contributed by atoms with Crippen LogP contribution in [0.4, 0.5) is 4.39 Å². The van der Waals surface area contributed by atoms with E-state index in [1.807, 2.05) is 30.0 Å². The van der Waals surface area contributed by atoms with Gasteiger partial charge in [-0.05, 0) is 43.5 Å². The van der Waals surface area contributed by atoms with E-state index in [1.54, 1.807) is 12.1 Å². The monoisotopic (exact) mass is 395 g/mol. The predicted octanol–water partition coefficient (Wildman–Crippen LogP) is 4.49. The molecule has 0 radical (unpaired) electrons. The van der Waals surface area contributed by atoms with Crippen molar-refractivity contribution in [2.24, 2.45) is 5.73 Å². The molecule has 3 aromatic rings. The lowest BCUT2D eigenvalue weighted by Crippen LogP contribution is -2.40. The van der Waals surface area contributed by atoms with Crippen molar-refractivity contribution in [2.45, 2.75) is 25.8 Å². The van der Waals surface area contributed by atoms with Gasteiger partial charge >= 0.3 is 0 Å². The molecule has 4 rings (SSSR count). The lowest BCUT2D eigenvalue weighted by Gasteiger charge is -2.23. The SMILES string of the molecule is Cc1cccc(-c2nc(C(=O)N3CCCC3CN)c(-c3ccc(F)cc3)s2)c1. The first kappa shape index (κ1) is 18.8. The minimum Gasteiger partial charge on any atom is -0.333 e. The second-order valence-corrected chi connectivity index (χ2v) is 8.10. The molecule has 4 nitrogen and oxygen atoms in total. The van der Waals surface area contributed by atoms with Gasteiger partial charge in [0.1, 0.15) is 16.5 Å². The van der Waals surface area contributed by atoms with Gasteiger partial charge in [-0.15, -0.1) is 11.3 Å². The summed E-state index contributed by atoms with van der Waals surface area (Å²) in [6.45, 7) is 3.17. The van der Waals surface area contributed by atoms with Crippen LogP contribution in [-0.4, -0.2) is 34.9 Å². The number of aromatic nitrogens is 1. The Hall–Kier alpha value is -2.57. The number of rotatable bonds is 4. The highest BCUT2D eigenvalue weighted by Gasteiger charge is 2.32. The number of aryl methyl sites for hydroxylation is 1. The molecule has 144 valence electrons. The molecule has 2 heterocycles. The molecule has 1 aliphatic heterocycles. The molecule has 1 unspecified atom stereocenters. The van der Waals surface area contributed by atoms with Crippen molar-refractivity contribution in [3.8, 4) is 21.0 Å². The highest BCUT2D eigenvalue weighted by atomic mass is 32.1. The zero-order chi connectivity index (χ0) is 19.7. The Labute approximate surface area is 167 Å². The molecule has 0 saturated carbocycles. The second-order valence-electron chi connectivity index (χ2n) is 7.10. The maximum atomic E-state index is 13.4. The number of carbonyl (C=O) groups is 1. The summed E-state index contributed by atoms with van der Waals surface area (Å²) in [4.78, 5) is 20.7. The van der Waals surface area contributed by atoms with Crippen molar-refractivity contribution in [3.63, 3.8) is 0 Å². The number of nitrogens with zero attached hydrogens (tertiary/aromatic N) is 2. The lowest BCUT2D eigenvalue weighted by atomic mass is 10.1. The highest BCUT2D eigenvalue weighted by Crippen LogP contribution is 2.37. The average Bonchev–Trinajstić information content (AvgIpc) is 3.35. The zero-order valence-corrected chi connectivity index (χ0v) is 16.5. The van der Waals surface area contributed by atoms with E-state index in [0.29, 0.717) is 18.8 Å². The Morgan fingerprint density at radius 3 is 2.75 bits per heavy atom. The third kappa shape index (κ3) is 3.57. The molecule has 0 spiro atoms. The van der Waals surface area contributed by atoms with E-state index in [9.17, 15) is 9.18 Å². The number of benzene rings is 2. The van der Waals surface area contributed by atoms with Crippen LogP contribution in [0.5, 0.6) is 0 Å². The zero-order valence-electron chi connectivity index (χ0n) is 15.7. The van der Waals surface area contributed by atoms with Gasteiger partial charge in [-0.2, -0.15) is 0 Å². The number of likely N-dealkylation sites (tertiary alicyclic amines) is 1. The molecule has 2 aromatic carbocycles. The molecule has 28 heavy (non-hydrogen) atoms. The molecule has 1 atom stereocenters. The van der Waals surface area contributed by atoms with Crippen LogP contribution in [0.3, 0.4) is 0 Å². The normalized spacial score (nSPS) is 16.5. The topological polar surface area (TPSA) is 59.2 Å². The van der Waals surface area contributed by atoms with Crippen LogP contribution in [0, 0.1) is 12.7 Å². The Morgan fingerprint density at radius 1 is 1.25 bits per heavy atom. The Morgan fingerprint density at radius 2 is 2.04 bits per heavy atom. The molecule has 1 aliphatic rings. The Kier molecular flexibility index (Phi) is 5.24. The average molecular weight is 396 g/mol. The van der Waals surface area contributed by atoms with E-state index < -0.39 is 0 Å². The first-order valence-corrected chi connectivity index (χ1v) is 10.2. The summed E-state index contributed by atoms with van der Waals surface area (Å²) in [6, 6.07) is 14.3. The van der Waals surface area contributed by atoms with Crippen LogP contribution in [0.15, 0.2) is 48.5 Å². The summed E-state index contributed by atoms with van der Waals surface area (Å²) in [7, 11) is 0. The maximum Gasteiger partial charge on any atom is 0.274 e. The quantitative estimate of drug-likeness (QED) is 0.708. The first-order chi connectivity index (χ1) is 13.6. The fourth-order valence-corrected chi connectivity index (χ4v) is 4.71. The summed E-state index contributed by atoms with van der Waals surface area (Å²) in [6.07, 6.45) is 1.87. The summed E-state index contributed by atoms with van der Waals surface area (Å²) < 4.78 is 13.4. The molecule has 0 aliphatic carbocycles. The molecule has 6 heteroatoms. The van der Waals surface area contributed by atoms with Crippen molar-refractivity contribution in [2.75, 3.05) is 13.1 Å². The Balaban J connectivity index is 1.81. The van der Waals surface area contributed by atoms with Crippen molar-refractivity contribution in [1.82, 2.24) is 9.88 Å². The van der Waals surface area contributed by atoms with Gasteiger partial charge in [-0.25, -0.2) is 9.37 Å². The van der Waals surface area contributed by atoms with E-state index in [1.165, 1.54) is 23.5 Å². The van der Waals surface area contributed by atoms with Crippen molar-refractivity contribution in [3.05, 3.63) is 65.6 Å². The smallest absolute Gasteiger partial charge is 0.274 e. The molecular weight excluding hydrogens is 373 g/mol. The minimum absolute atomic E-state index is 0.0534. The van der Waals surface area contributed by atoms with Crippen molar-refractivity contribution >= 4 is 17.2 Å². The number of halogens is 1. The van der Waals surface area contributed by atoms with Gasteiger partial charge in [0.05, 0.1) is 4.88 Å². The van der Waals surface area contributed by atoms with Crippen LogP contribution in [0.2, 0.25) is 0 Å². The number of thiazole rings is 1. The van der Waals surface area contributed by atoms with E-state index in [-0.39, 0.29) is 17.8 Å². The summed E-state index contributed by atoms with van der Waals surface area (Å²) in [5, 5.41) is 0.787. The minimum atomic E-state index is -0.303. The van der Waals surface area contributed by atoms with Gasteiger partial charge in [0.2, 0.25) is 0 Å². The number of hydrogen-bond donors (Lipinski definition) is 1.